The zero-order valence-corrected chi connectivity index (χ0v) is 7.64. The summed E-state index contributed by atoms with van der Waals surface area (Å²) in [6.45, 7) is 7.76. The van der Waals surface area contributed by atoms with Crippen molar-refractivity contribution in [1.82, 2.24) is 0 Å². The molecule has 0 aliphatic heterocycles. The van der Waals surface area contributed by atoms with Crippen LogP contribution in [0.5, 0.6) is 0 Å². The molecule has 0 heterocycles. The standard InChI is InChI=1S/C5H8Br2/c1-4(6)5(2,3)7/h1H2,2-3H3. The average Bonchev–Trinajstić information content (AvgIpc) is 1.31. The van der Waals surface area contributed by atoms with Crippen LogP contribution >= 0.6 is 31.9 Å². The third kappa shape index (κ3) is 3.30. The van der Waals surface area contributed by atoms with Gasteiger partial charge in [0.1, 0.15) is 0 Å². The van der Waals surface area contributed by atoms with E-state index in [1.807, 2.05) is 13.8 Å². The van der Waals surface area contributed by atoms with Gasteiger partial charge in [0, 0.05) is 4.48 Å². The average molecular weight is 228 g/mol. The molecule has 0 radical (unpaired) electrons. The first-order chi connectivity index (χ1) is 2.94. The molecule has 0 saturated heterocycles. The molecule has 7 heavy (non-hydrogen) atoms. The molecule has 0 atom stereocenters. The number of hydrogen-bond donors (Lipinski definition) is 0. The molecule has 0 saturated carbocycles. The van der Waals surface area contributed by atoms with E-state index < -0.39 is 0 Å². The van der Waals surface area contributed by atoms with Crippen molar-refractivity contribution in [3.05, 3.63) is 11.1 Å². The predicted molar refractivity (Wildman–Crippen MR) is 41.1 cm³/mol. The maximum atomic E-state index is 3.70. The number of allylic oxidation sites excluding steroid dienone is 1. The molecule has 0 amide bonds. The van der Waals surface area contributed by atoms with Gasteiger partial charge in [-0.05, 0) is 13.8 Å². The molecule has 42 valence electrons. The number of halogens is 2. The first kappa shape index (κ1) is 7.70. The van der Waals surface area contributed by atoms with Gasteiger partial charge in [0.2, 0.25) is 0 Å². The maximum Gasteiger partial charge on any atom is 0.0509 e. The lowest BCUT2D eigenvalue weighted by Gasteiger charge is -2.12. The third-order valence-electron chi connectivity index (χ3n) is 0.645. The van der Waals surface area contributed by atoms with Crippen LogP contribution in [0.1, 0.15) is 13.8 Å². The normalized spacial score (nSPS) is 11.4. The number of hydrogen-bond acceptors (Lipinski definition) is 0. The van der Waals surface area contributed by atoms with Crippen LogP contribution < -0.4 is 0 Å². The molecular formula is C5H8Br2. The van der Waals surface area contributed by atoms with E-state index in [0.717, 1.165) is 4.48 Å². The van der Waals surface area contributed by atoms with Crippen LogP contribution in [0, 0.1) is 0 Å². The summed E-state index contributed by atoms with van der Waals surface area (Å²) in [6.07, 6.45) is 0. The minimum absolute atomic E-state index is 0.0347. The maximum absolute atomic E-state index is 3.70. The highest BCUT2D eigenvalue weighted by Gasteiger charge is 2.13. The second-order valence-electron chi connectivity index (χ2n) is 1.88. The molecule has 0 N–H and O–H groups in total. The largest absolute Gasteiger partial charge is 0.0874 e. The molecule has 0 aromatic heterocycles. The van der Waals surface area contributed by atoms with Gasteiger partial charge in [0.05, 0.1) is 4.32 Å². The van der Waals surface area contributed by atoms with E-state index in [0.29, 0.717) is 0 Å². The van der Waals surface area contributed by atoms with Gasteiger partial charge < -0.3 is 0 Å². The van der Waals surface area contributed by atoms with E-state index in [2.05, 4.69) is 38.4 Å². The minimum Gasteiger partial charge on any atom is -0.0874 e. The highest BCUT2D eigenvalue weighted by Crippen LogP contribution is 2.28. The lowest BCUT2D eigenvalue weighted by Crippen LogP contribution is -2.06. The van der Waals surface area contributed by atoms with Crippen molar-refractivity contribution >= 4 is 31.9 Å². The first-order valence-corrected chi connectivity index (χ1v) is 3.57. The molecule has 0 aliphatic carbocycles. The second kappa shape index (κ2) is 2.31. The van der Waals surface area contributed by atoms with Crippen molar-refractivity contribution in [1.29, 1.82) is 0 Å². The Morgan fingerprint density at radius 3 is 1.71 bits per heavy atom. The Kier molecular flexibility index (Phi) is 2.54. The van der Waals surface area contributed by atoms with Crippen molar-refractivity contribution in [3.63, 3.8) is 0 Å². The lowest BCUT2D eigenvalue weighted by atomic mass is 10.2. The van der Waals surface area contributed by atoms with E-state index in [1.54, 1.807) is 0 Å². The minimum atomic E-state index is 0.0347. The molecule has 0 aromatic carbocycles. The van der Waals surface area contributed by atoms with Crippen molar-refractivity contribution in [2.45, 2.75) is 18.2 Å². The van der Waals surface area contributed by atoms with Gasteiger partial charge in [0.15, 0.2) is 0 Å². The molecule has 0 bridgehead atoms. The Hall–Kier alpha value is 0.700. The van der Waals surface area contributed by atoms with E-state index >= 15 is 0 Å². The molecule has 2 heteroatoms. The van der Waals surface area contributed by atoms with Crippen molar-refractivity contribution < 1.29 is 0 Å². The van der Waals surface area contributed by atoms with Crippen LogP contribution in [-0.2, 0) is 0 Å². The van der Waals surface area contributed by atoms with Crippen molar-refractivity contribution in [2.24, 2.45) is 0 Å². The summed E-state index contributed by atoms with van der Waals surface area (Å²) in [5, 5.41) is 0. The first-order valence-electron chi connectivity index (χ1n) is 1.98. The zero-order chi connectivity index (χ0) is 6.08. The van der Waals surface area contributed by atoms with Gasteiger partial charge >= 0.3 is 0 Å². The van der Waals surface area contributed by atoms with Crippen molar-refractivity contribution in [3.8, 4) is 0 Å². The van der Waals surface area contributed by atoms with Gasteiger partial charge in [-0.25, -0.2) is 0 Å². The molecule has 0 fully saturated rings. The summed E-state index contributed by atoms with van der Waals surface area (Å²) < 4.78 is 1.01. The van der Waals surface area contributed by atoms with Gasteiger partial charge in [-0.3, -0.25) is 0 Å². The third-order valence-corrected chi connectivity index (χ3v) is 2.65. The van der Waals surface area contributed by atoms with Crippen LogP contribution in [0.15, 0.2) is 11.1 Å². The van der Waals surface area contributed by atoms with Crippen LogP contribution in [0.25, 0.3) is 0 Å². The summed E-state index contributed by atoms with van der Waals surface area (Å²) in [4.78, 5) is 0. The van der Waals surface area contributed by atoms with E-state index in [4.69, 9.17) is 0 Å². The summed E-state index contributed by atoms with van der Waals surface area (Å²) >= 11 is 6.65. The fourth-order valence-electron chi connectivity index (χ4n) is 0. The van der Waals surface area contributed by atoms with E-state index in [-0.39, 0.29) is 4.32 Å². The zero-order valence-electron chi connectivity index (χ0n) is 4.46. The second-order valence-corrected chi connectivity index (χ2v) is 4.82. The van der Waals surface area contributed by atoms with Gasteiger partial charge in [-0.2, -0.15) is 0 Å². The Balaban J connectivity index is 3.79. The Morgan fingerprint density at radius 2 is 1.71 bits per heavy atom. The number of rotatable bonds is 1. The van der Waals surface area contributed by atoms with Crippen LogP contribution in [0.4, 0.5) is 0 Å². The smallest absolute Gasteiger partial charge is 0.0509 e. The summed E-state index contributed by atoms with van der Waals surface area (Å²) in [7, 11) is 0. The molecular weight excluding hydrogens is 220 g/mol. The highest BCUT2D eigenvalue weighted by molar-refractivity contribution is 9.14. The molecule has 0 aliphatic rings. The molecule has 0 spiro atoms. The summed E-state index contributed by atoms with van der Waals surface area (Å²) in [5.41, 5.74) is 0. The molecule has 0 nitrogen and oxygen atoms in total. The quantitative estimate of drug-likeness (QED) is 0.605. The van der Waals surface area contributed by atoms with Crippen LogP contribution in [0.2, 0.25) is 0 Å². The summed E-state index contributed by atoms with van der Waals surface area (Å²) in [6, 6.07) is 0. The van der Waals surface area contributed by atoms with Crippen LogP contribution in [0.3, 0.4) is 0 Å². The monoisotopic (exact) mass is 226 g/mol. The van der Waals surface area contributed by atoms with Gasteiger partial charge in [-0.1, -0.05) is 38.4 Å². The van der Waals surface area contributed by atoms with E-state index in [1.165, 1.54) is 0 Å². The Bertz CT molecular complexity index is 78.6. The lowest BCUT2D eigenvalue weighted by molar-refractivity contribution is 0.913. The predicted octanol–water partition coefficient (Wildman–Crippen LogP) is 3.07. The number of alkyl halides is 1. The van der Waals surface area contributed by atoms with Crippen LogP contribution in [-0.4, -0.2) is 4.32 Å². The fourth-order valence-corrected chi connectivity index (χ4v) is 0. The molecule has 0 rings (SSSR count). The molecule has 0 unspecified atom stereocenters. The van der Waals surface area contributed by atoms with E-state index in [9.17, 15) is 0 Å². The highest BCUT2D eigenvalue weighted by atomic mass is 79.9. The molecule has 0 aromatic rings. The van der Waals surface area contributed by atoms with Gasteiger partial charge in [0.25, 0.3) is 0 Å². The van der Waals surface area contributed by atoms with Crippen molar-refractivity contribution in [2.75, 3.05) is 0 Å². The SMILES string of the molecule is C=C(Br)C(C)(C)Br. The Labute approximate surface area is 61.2 Å². The Morgan fingerprint density at radius 1 is 1.57 bits per heavy atom. The fraction of sp³-hybridized carbons (Fsp3) is 0.600. The van der Waals surface area contributed by atoms with Gasteiger partial charge in [-0.15, -0.1) is 0 Å². The topological polar surface area (TPSA) is 0 Å². The summed E-state index contributed by atoms with van der Waals surface area (Å²) in [5.74, 6) is 0.